The van der Waals surface area contributed by atoms with Crippen molar-refractivity contribution in [3.8, 4) is 5.75 Å². The van der Waals surface area contributed by atoms with E-state index in [9.17, 15) is 14.3 Å². The third-order valence-corrected chi connectivity index (χ3v) is 2.40. The fraction of sp³-hybridized carbons (Fsp3) is 0.462. The van der Waals surface area contributed by atoms with Gasteiger partial charge in [0.15, 0.2) is 11.6 Å². The Labute approximate surface area is 111 Å². The minimum Gasteiger partial charge on any atom is -0.494 e. The molecule has 0 bridgehead atoms. The second kappa shape index (κ2) is 7.58. The summed E-state index contributed by atoms with van der Waals surface area (Å²) in [6.07, 6.45) is -0.983. The number of carbonyl (C=O) groups excluding carboxylic acids is 1. The predicted octanol–water partition coefficient (Wildman–Crippen LogP) is 1.56. The molecule has 0 spiro atoms. The first kappa shape index (κ1) is 15.2. The molecule has 1 atom stereocenters. The number of rotatable bonds is 7. The zero-order chi connectivity index (χ0) is 14.3. The van der Waals surface area contributed by atoms with Crippen LogP contribution in [0.3, 0.4) is 0 Å². The van der Waals surface area contributed by atoms with Crippen molar-refractivity contribution in [1.29, 1.82) is 0 Å². The van der Waals surface area contributed by atoms with Crippen LogP contribution in [0.2, 0.25) is 0 Å². The molecule has 0 heterocycles. The smallest absolute Gasteiger partial charge is 0.308 e. The summed E-state index contributed by atoms with van der Waals surface area (Å²) in [5.74, 6) is -0.803. The van der Waals surface area contributed by atoms with Crippen molar-refractivity contribution in [2.24, 2.45) is 0 Å². The Morgan fingerprint density at radius 3 is 2.84 bits per heavy atom. The normalized spacial score (nSPS) is 11.8. The zero-order valence-electron chi connectivity index (χ0n) is 11.0. The van der Waals surface area contributed by atoms with Gasteiger partial charge < -0.3 is 19.9 Å². The quantitative estimate of drug-likeness (QED) is 0.737. The Bertz CT molecular complexity index is 425. The number of anilines is 1. The third-order valence-electron chi connectivity index (χ3n) is 2.40. The summed E-state index contributed by atoms with van der Waals surface area (Å²) in [5.41, 5.74) is 0.501. The van der Waals surface area contributed by atoms with Gasteiger partial charge in [-0.1, -0.05) is 0 Å². The van der Waals surface area contributed by atoms with Crippen molar-refractivity contribution in [1.82, 2.24) is 0 Å². The largest absolute Gasteiger partial charge is 0.494 e. The van der Waals surface area contributed by atoms with Crippen LogP contribution in [-0.2, 0) is 9.53 Å². The molecule has 0 aliphatic carbocycles. The molecular weight excluding hydrogens is 253 g/mol. The molecule has 0 aliphatic rings. The van der Waals surface area contributed by atoms with Crippen LogP contribution < -0.4 is 10.1 Å². The molecule has 2 N–H and O–H groups in total. The lowest BCUT2D eigenvalue weighted by Gasteiger charge is -2.12. The second-order valence-corrected chi connectivity index (χ2v) is 3.89. The number of hydrogen-bond donors (Lipinski definition) is 2. The maximum atomic E-state index is 13.4. The van der Waals surface area contributed by atoms with E-state index in [0.717, 1.165) is 0 Å². The molecular formula is C13H18FNO4. The maximum absolute atomic E-state index is 13.4. The van der Waals surface area contributed by atoms with Gasteiger partial charge in [-0.2, -0.15) is 0 Å². The Morgan fingerprint density at radius 1 is 1.53 bits per heavy atom. The number of hydrogen-bond acceptors (Lipinski definition) is 5. The number of carbonyl (C=O) groups is 1. The SMILES string of the molecule is CCOC(=O)CC(O)CNc1ccc(OC)c(F)c1. The van der Waals surface area contributed by atoms with Crippen molar-refractivity contribution in [3.63, 3.8) is 0 Å². The topological polar surface area (TPSA) is 67.8 Å². The van der Waals surface area contributed by atoms with Crippen LogP contribution in [-0.4, -0.2) is 37.4 Å². The maximum Gasteiger partial charge on any atom is 0.308 e. The number of ether oxygens (including phenoxy) is 2. The molecule has 1 unspecified atom stereocenters. The Kier molecular flexibility index (Phi) is 6.08. The van der Waals surface area contributed by atoms with Gasteiger partial charge >= 0.3 is 5.97 Å². The van der Waals surface area contributed by atoms with Crippen LogP contribution in [0.25, 0.3) is 0 Å². The standard InChI is InChI=1S/C13H18FNO4/c1-3-19-13(17)7-10(16)8-15-9-4-5-12(18-2)11(14)6-9/h4-6,10,15-16H,3,7-8H2,1-2H3. The van der Waals surface area contributed by atoms with Gasteiger partial charge in [-0.05, 0) is 19.1 Å². The predicted molar refractivity (Wildman–Crippen MR) is 68.7 cm³/mol. The van der Waals surface area contributed by atoms with E-state index in [1.165, 1.54) is 19.2 Å². The number of aliphatic hydroxyl groups excluding tert-OH is 1. The molecule has 1 rings (SSSR count). The highest BCUT2D eigenvalue weighted by Crippen LogP contribution is 2.20. The highest BCUT2D eigenvalue weighted by molar-refractivity contribution is 5.70. The summed E-state index contributed by atoms with van der Waals surface area (Å²) in [6, 6.07) is 4.37. The summed E-state index contributed by atoms with van der Waals surface area (Å²) in [5, 5.41) is 12.4. The fourth-order valence-corrected chi connectivity index (χ4v) is 1.50. The van der Waals surface area contributed by atoms with Gasteiger partial charge in [0.2, 0.25) is 0 Å². The Hall–Kier alpha value is -1.82. The first-order valence-electron chi connectivity index (χ1n) is 5.98. The number of methoxy groups -OCH3 is 1. The molecule has 0 aliphatic heterocycles. The number of esters is 1. The van der Waals surface area contributed by atoms with Crippen LogP contribution >= 0.6 is 0 Å². The highest BCUT2D eigenvalue weighted by atomic mass is 19.1. The molecule has 5 nitrogen and oxygen atoms in total. The summed E-state index contributed by atoms with van der Waals surface area (Å²) in [7, 11) is 1.38. The number of halogens is 1. The van der Waals surface area contributed by atoms with E-state index in [1.54, 1.807) is 13.0 Å². The molecule has 0 saturated heterocycles. The molecule has 19 heavy (non-hydrogen) atoms. The molecule has 0 saturated carbocycles. The van der Waals surface area contributed by atoms with E-state index in [0.29, 0.717) is 5.69 Å². The second-order valence-electron chi connectivity index (χ2n) is 3.89. The van der Waals surface area contributed by atoms with E-state index in [4.69, 9.17) is 9.47 Å². The summed E-state index contributed by atoms with van der Waals surface area (Å²) < 4.78 is 22.9. The zero-order valence-corrected chi connectivity index (χ0v) is 11.0. The van der Waals surface area contributed by atoms with Gasteiger partial charge in [0.1, 0.15) is 0 Å². The summed E-state index contributed by atoms with van der Waals surface area (Å²) >= 11 is 0. The van der Waals surface area contributed by atoms with E-state index in [2.05, 4.69) is 5.32 Å². The summed E-state index contributed by atoms with van der Waals surface area (Å²) in [4.78, 5) is 11.1. The first-order valence-corrected chi connectivity index (χ1v) is 5.98. The molecule has 0 amide bonds. The minimum atomic E-state index is -0.885. The van der Waals surface area contributed by atoms with Crippen molar-refractivity contribution >= 4 is 11.7 Å². The van der Waals surface area contributed by atoms with E-state index in [-0.39, 0.29) is 25.3 Å². The van der Waals surface area contributed by atoms with Crippen molar-refractivity contribution < 1.29 is 23.8 Å². The average molecular weight is 271 g/mol. The fourth-order valence-electron chi connectivity index (χ4n) is 1.50. The van der Waals surface area contributed by atoms with Crippen LogP contribution in [0, 0.1) is 5.82 Å². The monoisotopic (exact) mass is 271 g/mol. The van der Waals surface area contributed by atoms with Crippen LogP contribution in [0.4, 0.5) is 10.1 Å². The first-order chi connectivity index (χ1) is 9.06. The Balaban J connectivity index is 2.43. The van der Waals surface area contributed by atoms with Gasteiger partial charge in [-0.3, -0.25) is 4.79 Å². The molecule has 0 aromatic heterocycles. The third kappa shape index (κ3) is 5.13. The van der Waals surface area contributed by atoms with Crippen molar-refractivity contribution in [3.05, 3.63) is 24.0 Å². The molecule has 106 valence electrons. The highest BCUT2D eigenvalue weighted by Gasteiger charge is 2.11. The average Bonchev–Trinajstić information content (AvgIpc) is 2.36. The van der Waals surface area contributed by atoms with Crippen molar-refractivity contribution in [2.45, 2.75) is 19.4 Å². The van der Waals surface area contributed by atoms with Crippen LogP contribution in [0.15, 0.2) is 18.2 Å². The number of aliphatic hydroxyl groups is 1. The lowest BCUT2D eigenvalue weighted by atomic mass is 10.2. The Morgan fingerprint density at radius 2 is 2.26 bits per heavy atom. The lowest BCUT2D eigenvalue weighted by molar-refractivity contribution is -0.145. The van der Waals surface area contributed by atoms with E-state index < -0.39 is 17.9 Å². The van der Waals surface area contributed by atoms with E-state index in [1.807, 2.05) is 0 Å². The lowest BCUT2D eigenvalue weighted by Crippen LogP contribution is -2.23. The molecule has 1 aromatic rings. The number of nitrogens with one attached hydrogen (secondary N) is 1. The van der Waals surface area contributed by atoms with Gasteiger partial charge in [0.25, 0.3) is 0 Å². The van der Waals surface area contributed by atoms with Gasteiger partial charge in [-0.25, -0.2) is 4.39 Å². The van der Waals surface area contributed by atoms with Crippen LogP contribution in [0.1, 0.15) is 13.3 Å². The van der Waals surface area contributed by atoms with Crippen molar-refractivity contribution in [2.75, 3.05) is 25.6 Å². The van der Waals surface area contributed by atoms with Gasteiger partial charge in [-0.15, -0.1) is 0 Å². The van der Waals surface area contributed by atoms with E-state index >= 15 is 0 Å². The summed E-state index contributed by atoms with van der Waals surface area (Å²) in [6.45, 7) is 2.11. The molecule has 0 fully saturated rings. The van der Waals surface area contributed by atoms with Gasteiger partial charge in [0.05, 0.1) is 26.2 Å². The number of benzene rings is 1. The minimum absolute atomic E-state index is 0.0977. The molecule has 0 radical (unpaired) electrons. The molecule has 6 heteroatoms. The molecule has 1 aromatic carbocycles. The van der Waals surface area contributed by atoms with Gasteiger partial charge in [0, 0.05) is 18.3 Å². The van der Waals surface area contributed by atoms with Crippen LogP contribution in [0.5, 0.6) is 5.75 Å².